The summed E-state index contributed by atoms with van der Waals surface area (Å²) in [5.41, 5.74) is 5.16. The summed E-state index contributed by atoms with van der Waals surface area (Å²) in [6, 6.07) is 25.1. The van der Waals surface area contributed by atoms with Gasteiger partial charge in [-0.05, 0) is 71.1 Å². The highest BCUT2D eigenvalue weighted by Crippen LogP contribution is 2.42. The van der Waals surface area contributed by atoms with Crippen LogP contribution in [0.25, 0.3) is 16.9 Å². The normalized spacial score (nSPS) is 16.8. The maximum absolute atomic E-state index is 13.9. The van der Waals surface area contributed by atoms with Crippen molar-refractivity contribution >= 4 is 17.5 Å². The lowest BCUT2D eigenvalue weighted by Crippen LogP contribution is -2.42. The number of aromatic amines is 1. The summed E-state index contributed by atoms with van der Waals surface area (Å²) in [5, 5.41) is 21.3. The van der Waals surface area contributed by atoms with Crippen molar-refractivity contribution in [1.82, 2.24) is 35.1 Å². The van der Waals surface area contributed by atoms with Crippen molar-refractivity contribution in [3.63, 3.8) is 0 Å². The monoisotopic (exact) mass is 562 g/mol. The van der Waals surface area contributed by atoms with Crippen molar-refractivity contribution in [3.8, 4) is 23.0 Å². The predicted molar refractivity (Wildman–Crippen MR) is 154 cm³/mol. The Kier molecular flexibility index (Phi) is 7.56. The van der Waals surface area contributed by atoms with Crippen LogP contribution in [0.4, 0.5) is 0 Å². The molecule has 9 nitrogen and oxygen atoms in total. The van der Waals surface area contributed by atoms with Gasteiger partial charge >= 0.3 is 0 Å². The van der Waals surface area contributed by atoms with Gasteiger partial charge in [-0.1, -0.05) is 54.1 Å². The summed E-state index contributed by atoms with van der Waals surface area (Å²) < 4.78 is 1.58. The number of hydrogen-bond acceptors (Lipinski definition) is 6. The number of amides is 1. The molecule has 1 fully saturated rings. The molecule has 10 heteroatoms. The summed E-state index contributed by atoms with van der Waals surface area (Å²) in [4.78, 5) is 24.3. The standard InChI is InChI=1S/C31H27ClN8O/c32-25-13-14-28(40-20-35-37-38-40)24(17-25)12-15-29(41)39-16-4-7-26(22-5-2-1-3-6-22)30(39)31-34-19-27(36-31)23-10-8-21(18-33)9-11-23/h1-3,5-6,8-11,13-14,17,19-20,26,30H,4,7,12,15-16H2,(H,34,36). The van der Waals surface area contributed by atoms with Gasteiger partial charge in [0.05, 0.1) is 29.1 Å². The van der Waals surface area contributed by atoms with Crippen LogP contribution in [0.15, 0.2) is 85.3 Å². The SMILES string of the molecule is N#Cc1ccc(-c2c[nH]c(C3C(c4ccccc4)CCCN3C(=O)CCc3cc(Cl)ccc3-n3cnnn3)n2)cc1. The van der Waals surface area contributed by atoms with Crippen molar-refractivity contribution in [3.05, 3.63) is 113 Å². The molecule has 204 valence electrons. The molecule has 5 aromatic rings. The van der Waals surface area contributed by atoms with E-state index in [0.717, 1.165) is 41.2 Å². The fourth-order valence-corrected chi connectivity index (χ4v) is 5.84. The lowest BCUT2D eigenvalue weighted by Gasteiger charge is -2.40. The maximum Gasteiger partial charge on any atom is 0.223 e. The van der Waals surface area contributed by atoms with Crippen LogP contribution in [-0.2, 0) is 11.2 Å². The fraction of sp³-hybridized carbons (Fsp3) is 0.226. The van der Waals surface area contributed by atoms with Crippen molar-refractivity contribution in [2.45, 2.75) is 37.6 Å². The lowest BCUT2D eigenvalue weighted by atomic mass is 9.82. The Morgan fingerprint density at radius 2 is 1.93 bits per heavy atom. The number of nitrogens with zero attached hydrogens (tertiary/aromatic N) is 7. The van der Waals surface area contributed by atoms with Gasteiger partial charge in [0.15, 0.2) is 0 Å². The average molecular weight is 563 g/mol. The van der Waals surface area contributed by atoms with E-state index in [9.17, 15) is 4.79 Å². The van der Waals surface area contributed by atoms with Gasteiger partial charge in [-0.15, -0.1) is 5.10 Å². The minimum atomic E-state index is -0.246. The number of nitriles is 1. The number of likely N-dealkylation sites (tertiary alicyclic amines) is 1. The van der Waals surface area contributed by atoms with Crippen molar-refractivity contribution in [2.24, 2.45) is 0 Å². The van der Waals surface area contributed by atoms with E-state index in [4.69, 9.17) is 21.8 Å². The van der Waals surface area contributed by atoms with E-state index in [-0.39, 0.29) is 17.9 Å². The van der Waals surface area contributed by atoms with Crippen LogP contribution in [0.2, 0.25) is 5.02 Å². The van der Waals surface area contributed by atoms with Crippen LogP contribution in [-0.4, -0.2) is 47.5 Å². The number of H-pyrrole nitrogens is 1. The van der Waals surface area contributed by atoms with Gasteiger partial charge in [0.1, 0.15) is 12.2 Å². The topological polar surface area (TPSA) is 116 Å². The zero-order valence-electron chi connectivity index (χ0n) is 22.2. The highest BCUT2D eigenvalue weighted by molar-refractivity contribution is 6.30. The number of hydrogen-bond donors (Lipinski definition) is 1. The first-order valence-corrected chi connectivity index (χ1v) is 13.9. The molecule has 0 saturated carbocycles. The molecule has 1 aliphatic rings. The lowest BCUT2D eigenvalue weighted by molar-refractivity contribution is -0.135. The number of benzene rings is 3. The quantitative estimate of drug-likeness (QED) is 0.274. The number of halogens is 1. The number of rotatable bonds is 7. The molecular weight excluding hydrogens is 536 g/mol. The van der Waals surface area contributed by atoms with Gasteiger partial charge in [-0.2, -0.15) is 5.26 Å². The molecule has 3 heterocycles. The molecule has 2 aromatic heterocycles. The number of tetrazole rings is 1. The third-order valence-corrected chi connectivity index (χ3v) is 7.85. The molecule has 1 saturated heterocycles. The Labute approximate surface area is 242 Å². The second kappa shape index (κ2) is 11.7. The Morgan fingerprint density at radius 3 is 2.68 bits per heavy atom. The second-order valence-electron chi connectivity index (χ2n) is 10.1. The van der Waals surface area contributed by atoms with Gasteiger partial charge in [0, 0.05) is 35.7 Å². The third kappa shape index (κ3) is 5.60. The van der Waals surface area contributed by atoms with Crippen LogP contribution in [0.5, 0.6) is 0 Å². The summed E-state index contributed by atoms with van der Waals surface area (Å²) >= 11 is 6.32. The molecule has 6 rings (SSSR count). The van der Waals surface area contributed by atoms with Gasteiger partial charge < -0.3 is 9.88 Å². The van der Waals surface area contributed by atoms with E-state index in [0.29, 0.717) is 30.0 Å². The van der Waals surface area contributed by atoms with Crippen molar-refractivity contribution in [1.29, 1.82) is 5.26 Å². The fourth-order valence-electron chi connectivity index (χ4n) is 5.65. The number of imidazole rings is 1. The highest BCUT2D eigenvalue weighted by Gasteiger charge is 2.38. The number of aromatic nitrogens is 6. The number of carbonyl (C=O) groups is 1. The zero-order valence-corrected chi connectivity index (χ0v) is 22.9. The first kappa shape index (κ1) is 26.4. The van der Waals surface area contributed by atoms with Crippen molar-refractivity contribution < 1.29 is 4.79 Å². The van der Waals surface area contributed by atoms with Gasteiger partial charge in [0.2, 0.25) is 5.91 Å². The first-order chi connectivity index (χ1) is 20.1. The number of piperidine rings is 1. The number of aryl methyl sites for hydroxylation is 1. The minimum Gasteiger partial charge on any atom is -0.346 e. The minimum absolute atomic E-state index is 0.0506. The van der Waals surface area contributed by atoms with E-state index < -0.39 is 0 Å². The van der Waals surface area contributed by atoms with Crippen LogP contribution >= 0.6 is 11.6 Å². The third-order valence-electron chi connectivity index (χ3n) is 7.61. The Balaban J connectivity index is 1.30. The molecule has 0 aliphatic carbocycles. The maximum atomic E-state index is 13.9. The first-order valence-electron chi connectivity index (χ1n) is 13.5. The smallest absolute Gasteiger partial charge is 0.223 e. The number of carbonyl (C=O) groups excluding carboxylic acids is 1. The molecule has 0 spiro atoms. The van der Waals surface area contributed by atoms with E-state index in [1.807, 2.05) is 53.6 Å². The Morgan fingerprint density at radius 1 is 1.10 bits per heavy atom. The molecular formula is C31H27ClN8O. The van der Waals surface area contributed by atoms with Crippen LogP contribution in [0, 0.1) is 11.3 Å². The van der Waals surface area contributed by atoms with E-state index in [1.54, 1.807) is 22.9 Å². The van der Waals surface area contributed by atoms with E-state index in [2.05, 4.69) is 38.7 Å². The molecule has 2 unspecified atom stereocenters. The second-order valence-corrected chi connectivity index (χ2v) is 10.5. The van der Waals surface area contributed by atoms with Crippen LogP contribution in [0.1, 0.15) is 53.7 Å². The molecule has 0 bridgehead atoms. The molecule has 0 radical (unpaired) electrons. The number of nitrogens with one attached hydrogen (secondary N) is 1. The highest BCUT2D eigenvalue weighted by atomic mass is 35.5. The van der Waals surface area contributed by atoms with Gasteiger partial charge in [-0.3, -0.25) is 4.79 Å². The summed E-state index contributed by atoms with van der Waals surface area (Å²) in [7, 11) is 0. The van der Waals surface area contributed by atoms with E-state index in [1.165, 1.54) is 11.9 Å². The average Bonchev–Trinajstić information content (AvgIpc) is 3.73. The Hall–Kier alpha value is -4.81. The molecule has 1 N–H and O–H groups in total. The zero-order chi connectivity index (χ0) is 28.2. The summed E-state index contributed by atoms with van der Waals surface area (Å²) in [6.45, 7) is 0.648. The molecule has 2 atom stereocenters. The van der Waals surface area contributed by atoms with Crippen LogP contribution in [0.3, 0.4) is 0 Å². The molecule has 3 aromatic carbocycles. The molecule has 1 aliphatic heterocycles. The molecule has 1 amide bonds. The Bertz CT molecular complexity index is 1680. The van der Waals surface area contributed by atoms with Crippen molar-refractivity contribution in [2.75, 3.05) is 6.54 Å². The molecule has 41 heavy (non-hydrogen) atoms. The van der Waals surface area contributed by atoms with Gasteiger partial charge in [-0.25, -0.2) is 9.67 Å². The van der Waals surface area contributed by atoms with E-state index >= 15 is 0 Å². The predicted octanol–water partition coefficient (Wildman–Crippen LogP) is 5.66. The summed E-state index contributed by atoms with van der Waals surface area (Å²) in [6.07, 6.45) is 6.04. The van der Waals surface area contributed by atoms with Gasteiger partial charge in [0.25, 0.3) is 0 Å². The summed E-state index contributed by atoms with van der Waals surface area (Å²) in [5.74, 6) is 0.898. The van der Waals surface area contributed by atoms with Crippen LogP contribution < -0.4 is 0 Å². The largest absolute Gasteiger partial charge is 0.346 e.